The van der Waals surface area contributed by atoms with Gasteiger partial charge in [-0.05, 0) is 80.7 Å². The third kappa shape index (κ3) is 9.29. The molecule has 3 aromatic rings. The molecule has 0 fully saturated rings. The highest BCUT2D eigenvalue weighted by atomic mass is 16.5. The zero-order valence-electron chi connectivity index (χ0n) is 24.7. The molecule has 0 aliphatic heterocycles. The summed E-state index contributed by atoms with van der Waals surface area (Å²) in [6, 6.07) is 16.9. The number of benzene rings is 3. The Balaban J connectivity index is 1.80. The van der Waals surface area contributed by atoms with Crippen LogP contribution in [0.4, 0.5) is 5.69 Å². The average molecular weight is 589 g/mol. The largest absolute Gasteiger partial charge is 0.467 e. The van der Waals surface area contributed by atoms with E-state index < -0.39 is 41.3 Å². The molecule has 2 amide bonds. The lowest BCUT2D eigenvalue weighted by molar-refractivity contribution is -0.146. The molecule has 228 valence electrons. The van der Waals surface area contributed by atoms with Crippen LogP contribution < -0.4 is 22.1 Å². The number of hydrogen-bond donors (Lipinski definition) is 4. The molecule has 0 aliphatic rings. The molecule has 0 saturated carbocycles. The molecule has 0 aliphatic carbocycles. The van der Waals surface area contributed by atoms with Crippen LogP contribution in [0.15, 0.2) is 60.7 Å². The number of unbranched alkanes of at least 4 members (excludes halogenated alkanes) is 1. The minimum atomic E-state index is -0.919. The molecule has 43 heavy (non-hydrogen) atoms. The Morgan fingerprint density at radius 2 is 1.56 bits per heavy atom. The Morgan fingerprint density at radius 3 is 2.26 bits per heavy atom. The maximum atomic E-state index is 13.5. The second kappa shape index (κ2) is 16.3. The average Bonchev–Trinajstić information content (AvgIpc) is 3.02. The minimum Gasteiger partial charge on any atom is -0.467 e. The number of carbonyl (C=O) groups excluding carboxylic acids is 5. The van der Waals surface area contributed by atoms with Crippen LogP contribution >= 0.6 is 0 Å². The molecular formula is C33H40N4O6. The number of aryl methyl sites for hydroxylation is 1. The molecule has 6 N–H and O–H groups in total. The molecule has 0 radical (unpaired) electrons. The number of ether oxygens (including phenoxy) is 1. The summed E-state index contributed by atoms with van der Waals surface area (Å²) in [5.74, 6) is -4.04. The SMILES string of the molecule is COC(=O)C(CCCN)NC(=O)C(CCCCN)CC(=O)C(=O)c1cc(C)ccc1NC(=O)c1ccc2ccccc2c1. The number of nitrogens with one attached hydrogen (secondary N) is 2. The number of esters is 1. The highest BCUT2D eigenvalue weighted by Gasteiger charge is 2.30. The summed E-state index contributed by atoms with van der Waals surface area (Å²) in [7, 11) is 1.23. The lowest BCUT2D eigenvalue weighted by Gasteiger charge is -2.21. The van der Waals surface area contributed by atoms with Gasteiger partial charge in [0.25, 0.3) is 5.91 Å². The van der Waals surface area contributed by atoms with Gasteiger partial charge in [0.15, 0.2) is 0 Å². The first-order valence-electron chi connectivity index (χ1n) is 14.4. The summed E-state index contributed by atoms with van der Waals surface area (Å²) in [5.41, 5.74) is 12.5. The molecule has 0 spiro atoms. The molecule has 0 aromatic heterocycles. The van der Waals surface area contributed by atoms with E-state index in [1.54, 1.807) is 37.3 Å². The number of nitrogens with two attached hydrogens (primary N) is 2. The van der Waals surface area contributed by atoms with Gasteiger partial charge in [-0.2, -0.15) is 0 Å². The van der Waals surface area contributed by atoms with Gasteiger partial charge in [-0.15, -0.1) is 0 Å². The normalized spacial score (nSPS) is 12.3. The standard InChI is InChI=1S/C33H40N4O6/c1-21-12-15-27(36-32(41)25-14-13-22-8-3-4-9-23(22)19-25)26(18-21)30(39)29(38)20-24(10-5-6-16-34)31(40)37-28(11-7-17-35)33(42)43-2/h3-4,8-9,12-15,18-19,24,28H,5-7,10-11,16-17,20,34-35H2,1-2H3,(H,36,41)(H,37,40). The topological polar surface area (TPSA) is 171 Å². The Hall–Kier alpha value is -4.41. The fraction of sp³-hybridized carbons (Fsp3) is 0.364. The van der Waals surface area contributed by atoms with E-state index in [0.29, 0.717) is 44.3 Å². The fourth-order valence-electron chi connectivity index (χ4n) is 4.81. The quantitative estimate of drug-likeness (QED) is 0.0849. The second-order valence-corrected chi connectivity index (χ2v) is 10.5. The van der Waals surface area contributed by atoms with Gasteiger partial charge >= 0.3 is 5.97 Å². The van der Waals surface area contributed by atoms with Crippen molar-refractivity contribution in [2.24, 2.45) is 17.4 Å². The van der Waals surface area contributed by atoms with Gasteiger partial charge in [0.1, 0.15) is 6.04 Å². The predicted octanol–water partition coefficient (Wildman–Crippen LogP) is 3.68. The zero-order valence-corrected chi connectivity index (χ0v) is 24.7. The number of ketones is 2. The summed E-state index contributed by atoms with van der Waals surface area (Å²) >= 11 is 0. The smallest absolute Gasteiger partial charge is 0.328 e. The number of hydrogen-bond acceptors (Lipinski definition) is 8. The minimum absolute atomic E-state index is 0.0376. The third-order valence-corrected chi connectivity index (χ3v) is 7.24. The highest BCUT2D eigenvalue weighted by Crippen LogP contribution is 2.23. The lowest BCUT2D eigenvalue weighted by atomic mass is 9.91. The molecule has 3 rings (SSSR count). The fourth-order valence-corrected chi connectivity index (χ4v) is 4.81. The number of rotatable bonds is 16. The van der Waals surface area contributed by atoms with Crippen LogP contribution in [-0.2, 0) is 19.1 Å². The Bertz CT molecular complexity index is 1470. The zero-order chi connectivity index (χ0) is 31.4. The summed E-state index contributed by atoms with van der Waals surface area (Å²) in [6.07, 6.45) is 1.87. The summed E-state index contributed by atoms with van der Waals surface area (Å²) in [5, 5.41) is 7.32. The van der Waals surface area contributed by atoms with Crippen molar-refractivity contribution in [3.05, 3.63) is 77.4 Å². The lowest BCUT2D eigenvalue weighted by Crippen LogP contribution is -2.45. The van der Waals surface area contributed by atoms with Gasteiger partial charge in [0.2, 0.25) is 17.5 Å². The summed E-state index contributed by atoms with van der Waals surface area (Å²) < 4.78 is 4.81. The first-order chi connectivity index (χ1) is 20.7. The number of anilines is 1. The second-order valence-electron chi connectivity index (χ2n) is 10.5. The van der Waals surface area contributed by atoms with Gasteiger partial charge in [0, 0.05) is 23.5 Å². The van der Waals surface area contributed by atoms with Crippen molar-refractivity contribution in [3.63, 3.8) is 0 Å². The van der Waals surface area contributed by atoms with Crippen LogP contribution in [0.1, 0.15) is 64.8 Å². The molecule has 0 saturated heterocycles. The van der Waals surface area contributed by atoms with Crippen LogP contribution in [0, 0.1) is 12.8 Å². The van der Waals surface area contributed by atoms with Crippen molar-refractivity contribution in [2.45, 2.75) is 51.5 Å². The van der Waals surface area contributed by atoms with E-state index in [0.717, 1.165) is 16.3 Å². The Kier molecular flexibility index (Phi) is 12.5. The molecule has 0 bridgehead atoms. The number of carbonyl (C=O) groups is 5. The number of Topliss-reactive ketones (excluding diaryl/α,β-unsaturated/α-hetero) is 2. The van der Waals surface area contributed by atoms with E-state index in [1.807, 2.05) is 30.3 Å². The van der Waals surface area contributed by atoms with Crippen LogP contribution in [0.5, 0.6) is 0 Å². The molecule has 10 nitrogen and oxygen atoms in total. The molecule has 0 heterocycles. The van der Waals surface area contributed by atoms with Gasteiger partial charge in [-0.3, -0.25) is 19.2 Å². The van der Waals surface area contributed by atoms with Crippen molar-refractivity contribution < 1.29 is 28.7 Å². The first kappa shape index (κ1) is 33.1. The molecule has 2 atom stereocenters. The van der Waals surface area contributed by atoms with Crippen molar-refractivity contribution >= 4 is 45.8 Å². The molecular weight excluding hydrogens is 548 g/mol. The van der Waals surface area contributed by atoms with E-state index >= 15 is 0 Å². The first-order valence-corrected chi connectivity index (χ1v) is 14.4. The number of fused-ring (bicyclic) bond motifs is 1. The Labute approximate surface area is 251 Å². The number of amides is 2. The molecule has 2 unspecified atom stereocenters. The summed E-state index contributed by atoms with van der Waals surface area (Å²) in [4.78, 5) is 65.4. The van der Waals surface area contributed by atoms with Gasteiger partial charge in [-0.1, -0.05) is 48.4 Å². The van der Waals surface area contributed by atoms with Crippen LogP contribution in [-0.4, -0.2) is 55.6 Å². The Morgan fingerprint density at radius 1 is 0.837 bits per heavy atom. The van der Waals surface area contributed by atoms with E-state index in [4.69, 9.17) is 16.2 Å². The van der Waals surface area contributed by atoms with Gasteiger partial charge in [0.05, 0.1) is 12.8 Å². The van der Waals surface area contributed by atoms with Crippen molar-refractivity contribution in [1.29, 1.82) is 0 Å². The van der Waals surface area contributed by atoms with E-state index in [1.165, 1.54) is 7.11 Å². The summed E-state index contributed by atoms with van der Waals surface area (Å²) in [6.45, 7) is 2.51. The van der Waals surface area contributed by atoms with Gasteiger partial charge < -0.3 is 26.8 Å². The maximum Gasteiger partial charge on any atom is 0.328 e. The van der Waals surface area contributed by atoms with Crippen molar-refractivity contribution in [2.75, 3.05) is 25.5 Å². The van der Waals surface area contributed by atoms with E-state index in [-0.39, 0.29) is 24.1 Å². The highest BCUT2D eigenvalue weighted by molar-refractivity contribution is 6.45. The van der Waals surface area contributed by atoms with Crippen LogP contribution in [0.25, 0.3) is 10.8 Å². The third-order valence-electron chi connectivity index (χ3n) is 7.24. The van der Waals surface area contributed by atoms with E-state index in [2.05, 4.69) is 10.6 Å². The predicted molar refractivity (Wildman–Crippen MR) is 166 cm³/mol. The number of methoxy groups -OCH3 is 1. The monoisotopic (exact) mass is 588 g/mol. The van der Waals surface area contributed by atoms with Gasteiger partial charge in [-0.25, -0.2) is 4.79 Å². The van der Waals surface area contributed by atoms with Crippen LogP contribution in [0.2, 0.25) is 0 Å². The van der Waals surface area contributed by atoms with E-state index in [9.17, 15) is 24.0 Å². The van der Waals surface area contributed by atoms with Crippen LogP contribution in [0.3, 0.4) is 0 Å². The van der Waals surface area contributed by atoms with Crippen molar-refractivity contribution in [3.8, 4) is 0 Å². The van der Waals surface area contributed by atoms with Crippen molar-refractivity contribution in [1.82, 2.24) is 5.32 Å². The maximum absolute atomic E-state index is 13.5. The molecule has 10 heteroatoms. The molecule has 3 aromatic carbocycles.